The highest BCUT2D eigenvalue weighted by Gasteiger charge is 2.24. The molecule has 0 aromatic heterocycles. The Bertz CT molecular complexity index is 783. The molecule has 0 radical (unpaired) electrons. The number of hydrogen-bond donors (Lipinski definition) is 0. The lowest BCUT2D eigenvalue weighted by molar-refractivity contribution is 0.593. The average molecular weight is 336 g/mol. The highest BCUT2D eigenvalue weighted by molar-refractivity contribution is 7.92. The molecule has 2 aromatic rings. The molecule has 2 aromatic carbocycles. The zero-order valence-electron chi connectivity index (χ0n) is 12.6. The molecule has 3 nitrogen and oxygen atoms in total. The van der Waals surface area contributed by atoms with Gasteiger partial charge in [0.15, 0.2) is 0 Å². The Morgan fingerprint density at radius 2 is 1.73 bits per heavy atom. The van der Waals surface area contributed by atoms with Gasteiger partial charge in [-0.25, -0.2) is 8.42 Å². The molecule has 0 aliphatic rings. The van der Waals surface area contributed by atoms with Crippen LogP contribution in [0.5, 0.6) is 0 Å². The standard InChI is InChI=1S/C17H18ClNO2S/c1-4-11-19(16-8-5-13(2)14(3)12-16)22(20,21)17-9-6-15(18)7-10-17/h4-10,12H,1,11H2,2-3H3. The fourth-order valence-electron chi connectivity index (χ4n) is 2.07. The lowest BCUT2D eigenvalue weighted by atomic mass is 10.1. The van der Waals surface area contributed by atoms with Crippen LogP contribution in [0.1, 0.15) is 11.1 Å². The predicted octanol–water partition coefficient (Wildman–Crippen LogP) is 4.34. The maximum atomic E-state index is 12.9. The Morgan fingerprint density at radius 1 is 1.09 bits per heavy atom. The van der Waals surface area contributed by atoms with E-state index in [2.05, 4.69) is 6.58 Å². The Morgan fingerprint density at radius 3 is 2.27 bits per heavy atom. The second-order valence-corrected chi connectivity index (χ2v) is 7.35. The van der Waals surface area contributed by atoms with Crippen molar-refractivity contribution in [3.8, 4) is 0 Å². The molecule has 5 heteroatoms. The third-order valence-electron chi connectivity index (χ3n) is 3.48. The van der Waals surface area contributed by atoms with Gasteiger partial charge in [0.2, 0.25) is 0 Å². The Balaban J connectivity index is 2.52. The fourth-order valence-corrected chi connectivity index (χ4v) is 3.63. The molecule has 0 saturated heterocycles. The first-order valence-electron chi connectivity index (χ1n) is 6.82. The molecule has 0 N–H and O–H groups in total. The number of nitrogens with zero attached hydrogens (tertiary/aromatic N) is 1. The maximum Gasteiger partial charge on any atom is 0.264 e. The molecule has 0 aliphatic carbocycles. The summed E-state index contributed by atoms with van der Waals surface area (Å²) in [4.78, 5) is 0.206. The number of hydrogen-bond acceptors (Lipinski definition) is 2. The minimum atomic E-state index is -3.66. The summed E-state index contributed by atoms with van der Waals surface area (Å²) >= 11 is 5.83. The first-order valence-corrected chi connectivity index (χ1v) is 8.64. The van der Waals surface area contributed by atoms with Gasteiger partial charge in [0.25, 0.3) is 10.0 Å². The summed E-state index contributed by atoms with van der Waals surface area (Å²) < 4.78 is 27.1. The highest BCUT2D eigenvalue weighted by Crippen LogP contribution is 2.26. The van der Waals surface area contributed by atoms with Crippen LogP contribution in [0, 0.1) is 13.8 Å². The van der Waals surface area contributed by atoms with Crippen molar-refractivity contribution in [1.82, 2.24) is 0 Å². The van der Waals surface area contributed by atoms with Crippen molar-refractivity contribution in [2.45, 2.75) is 18.7 Å². The lowest BCUT2D eigenvalue weighted by Gasteiger charge is -2.24. The minimum Gasteiger partial charge on any atom is -0.263 e. The quantitative estimate of drug-likeness (QED) is 0.762. The smallest absolute Gasteiger partial charge is 0.263 e. The summed E-state index contributed by atoms with van der Waals surface area (Å²) in [7, 11) is -3.66. The number of rotatable bonds is 5. The van der Waals surface area contributed by atoms with Crippen molar-refractivity contribution in [3.63, 3.8) is 0 Å². The van der Waals surface area contributed by atoms with E-state index in [0.717, 1.165) is 11.1 Å². The summed E-state index contributed by atoms with van der Waals surface area (Å²) in [6.45, 7) is 7.81. The molecule has 2 rings (SSSR count). The minimum absolute atomic E-state index is 0.202. The van der Waals surface area contributed by atoms with E-state index in [-0.39, 0.29) is 11.4 Å². The highest BCUT2D eigenvalue weighted by atomic mass is 35.5. The molecule has 22 heavy (non-hydrogen) atoms. The Kier molecular flexibility index (Phi) is 4.94. The Labute approximate surface area is 136 Å². The molecule has 0 amide bonds. The monoisotopic (exact) mass is 335 g/mol. The van der Waals surface area contributed by atoms with Crippen molar-refractivity contribution < 1.29 is 8.42 Å². The van der Waals surface area contributed by atoms with Crippen LogP contribution in [0.3, 0.4) is 0 Å². The molecule has 0 fully saturated rings. The lowest BCUT2D eigenvalue weighted by Crippen LogP contribution is -2.31. The SMILES string of the molecule is C=CCN(c1ccc(C)c(C)c1)S(=O)(=O)c1ccc(Cl)cc1. The van der Waals surface area contributed by atoms with Crippen LogP contribution < -0.4 is 4.31 Å². The first-order chi connectivity index (χ1) is 10.4. The van der Waals surface area contributed by atoms with E-state index in [1.165, 1.54) is 16.4 Å². The molecule has 0 saturated carbocycles. The van der Waals surface area contributed by atoms with E-state index in [1.54, 1.807) is 24.3 Å². The van der Waals surface area contributed by atoms with Gasteiger partial charge in [-0.3, -0.25) is 4.31 Å². The molecule has 0 unspecified atom stereocenters. The summed E-state index contributed by atoms with van der Waals surface area (Å²) in [6, 6.07) is 11.7. The molecule has 0 aliphatic heterocycles. The largest absolute Gasteiger partial charge is 0.264 e. The molecule has 0 bridgehead atoms. The molecule has 0 spiro atoms. The average Bonchev–Trinajstić information content (AvgIpc) is 2.48. The van der Waals surface area contributed by atoms with Crippen molar-refractivity contribution in [2.24, 2.45) is 0 Å². The second kappa shape index (κ2) is 6.55. The second-order valence-electron chi connectivity index (χ2n) is 5.05. The van der Waals surface area contributed by atoms with E-state index < -0.39 is 10.0 Å². The van der Waals surface area contributed by atoms with Crippen LogP contribution in [-0.2, 0) is 10.0 Å². The van der Waals surface area contributed by atoms with Crippen molar-refractivity contribution in [2.75, 3.05) is 10.8 Å². The Hall–Kier alpha value is -1.78. The topological polar surface area (TPSA) is 37.4 Å². The number of aryl methyl sites for hydroxylation is 2. The van der Waals surface area contributed by atoms with E-state index in [4.69, 9.17) is 11.6 Å². The molecule has 116 valence electrons. The van der Waals surface area contributed by atoms with Crippen LogP contribution in [-0.4, -0.2) is 15.0 Å². The molecular weight excluding hydrogens is 318 g/mol. The van der Waals surface area contributed by atoms with Gasteiger partial charge in [0.1, 0.15) is 0 Å². The van der Waals surface area contributed by atoms with Crippen LogP contribution in [0.25, 0.3) is 0 Å². The zero-order valence-corrected chi connectivity index (χ0v) is 14.2. The van der Waals surface area contributed by atoms with Gasteiger partial charge in [0.05, 0.1) is 17.1 Å². The zero-order chi connectivity index (χ0) is 16.3. The third kappa shape index (κ3) is 3.34. The summed E-state index contributed by atoms with van der Waals surface area (Å²) in [6.07, 6.45) is 1.57. The van der Waals surface area contributed by atoms with Gasteiger partial charge in [0, 0.05) is 5.02 Å². The van der Waals surface area contributed by atoms with Crippen LogP contribution in [0.15, 0.2) is 60.0 Å². The maximum absolute atomic E-state index is 12.9. The number of halogens is 1. The van der Waals surface area contributed by atoms with Crippen LogP contribution in [0.2, 0.25) is 5.02 Å². The van der Waals surface area contributed by atoms with E-state index >= 15 is 0 Å². The number of sulfonamides is 1. The molecule has 0 atom stereocenters. The van der Waals surface area contributed by atoms with Crippen molar-refractivity contribution >= 4 is 27.3 Å². The number of anilines is 1. The van der Waals surface area contributed by atoms with Crippen molar-refractivity contribution in [1.29, 1.82) is 0 Å². The fraction of sp³-hybridized carbons (Fsp3) is 0.176. The van der Waals surface area contributed by atoms with Crippen LogP contribution >= 0.6 is 11.6 Å². The van der Waals surface area contributed by atoms with Gasteiger partial charge >= 0.3 is 0 Å². The van der Waals surface area contributed by atoms with E-state index in [0.29, 0.717) is 10.7 Å². The van der Waals surface area contributed by atoms with Gasteiger partial charge in [-0.1, -0.05) is 23.7 Å². The summed E-state index contributed by atoms with van der Waals surface area (Å²) in [5.41, 5.74) is 2.78. The summed E-state index contributed by atoms with van der Waals surface area (Å²) in [5.74, 6) is 0. The van der Waals surface area contributed by atoms with Gasteiger partial charge in [-0.05, 0) is 61.4 Å². The van der Waals surface area contributed by atoms with Gasteiger partial charge in [-0.15, -0.1) is 6.58 Å². The third-order valence-corrected chi connectivity index (χ3v) is 5.54. The van der Waals surface area contributed by atoms with Gasteiger partial charge in [-0.2, -0.15) is 0 Å². The normalized spacial score (nSPS) is 11.2. The number of benzene rings is 2. The predicted molar refractivity (Wildman–Crippen MR) is 92.1 cm³/mol. The summed E-state index contributed by atoms with van der Waals surface area (Å²) in [5, 5.41) is 0.500. The van der Waals surface area contributed by atoms with Crippen LogP contribution in [0.4, 0.5) is 5.69 Å². The van der Waals surface area contributed by atoms with E-state index in [9.17, 15) is 8.42 Å². The van der Waals surface area contributed by atoms with Crippen molar-refractivity contribution in [3.05, 3.63) is 71.3 Å². The van der Waals surface area contributed by atoms with Gasteiger partial charge < -0.3 is 0 Å². The van der Waals surface area contributed by atoms with E-state index in [1.807, 2.05) is 26.0 Å². The first kappa shape index (κ1) is 16.6. The molecule has 0 heterocycles. The molecular formula is C17H18ClNO2S.